The maximum atomic E-state index is 3.55. The first-order valence-electron chi connectivity index (χ1n) is 8.59. The summed E-state index contributed by atoms with van der Waals surface area (Å²) in [6.07, 6.45) is 2.34. The zero-order valence-corrected chi connectivity index (χ0v) is 14.7. The summed E-state index contributed by atoms with van der Waals surface area (Å²) in [5.41, 5.74) is 2.99. The van der Waals surface area contributed by atoms with Crippen molar-refractivity contribution in [3.8, 4) is 0 Å². The van der Waals surface area contributed by atoms with Crippen LogP contribution in [0.25, 0.3) is 0 Å². The Balaban J connectivity index is 2.61. The molecule has 0 aliphatic rings. The Morgan fingerprint density at radius 1 is 1.05 bits per heavy atom. The minimum absolute atomic E-state index is 0.655. The molecule has 21 heavy (non-hydrogen) atoms. The number of nitrogens with one attached hydrogen (secondary N) is 1. The predicted octanol–water partition coefficient (Wildman–Crippen LogP) is 4.10. The van der Waals surface area contributed by atoms with Crippen LogP contribution in [0.15, 0.2) is 24.3 Å². The van der Waals surface area contributed by atoms with Crippen LogP contribution >= 0.6 is 0 Å². The Labute approximate surface area is 131 Å². The molecule has 0 aliphatic carbocycles. The molecule has 0 heterocycles. The van der Waals surface area contributed by atoms with Gasteiger partial charge in [0.2, 0.25) is 0 Å². The van der Waals surface area contributed by atoms with Gasteiger partial charge in [0, 0.05) is 12.6 Å². The van der Waals surface area contributed by atoms with Gasteiger partial charge in [0.25, 0.3) is 0 Å². The molecule has 120 valence electrons. The fraction of sp³-hybridized carbons (Fsp3) is 0.684. The molecule has 0 amide bonds. The van der Waals surface area contributed by atoms with Crippen LogP contribution in [0.4, 0.5) is 0 Å². The highest BCUT2D eigenvalue weighted by atomic mass is 15.1. The number of hydrogen-bond acceptors (Lipinski definition) is 2. The van der Waals surface area contributed by atoms with E-state index in [9.17, 15) is 0 Å². The average Bonchev–Trinajstić information content (AvgIpc) is 2.49. The summed E-state index contributed by atoms with van der Waals surface area (Å²) in [4.78, 5) is 2.57. The minimum Gasteiger partial charge on any atom is -0.316 e. The van der Waals surface area contributed by atoms with Crippen LogP contribution in [0, 0.1) is 5.92 Å². The van der Waals surface area contributed by atoms with Gasteiger partial charge in [0.05, 0.1) is 0 Å². The fourth-order valence-corrected chi connectivity index (χ4v) is 2.63. The summed E-state index contributed by atoms with van der Waals surface area (Å²) in [7, 11) is 0. The summed E-state index contributed by atoms with van der Waals surface area (Å²) in [5, 5.41) is 3.55. The Morgan fingerprint density at radius 3 is 2.29 bits per heavy atom. The molecular formula is C19H34N2. The van der Waals surface area contributed by atoms with Crippen molar-refractivity contribution < 1.29 is 0 Å². The molecule has 1 aromatic rings. The molecule has 0 saturated carbocycles. The second-order valence-corrected chi connectivity index (χ2v) is 6.44. The van der Waals surface area contributed by atoms with E-state index < -0.39 is 0 Å². The van der Waals surface area contributed by atoms with Gasteiger partial charge in [-0.2, -0.15) is 0 Å². The van der Waals surface area contributed by atoms with Crippen molar-refractivity contribution in [1.82, 2.24) is 10.2 Å². The van der Waals surface area contributed by atoms with Crippen LogP contribution in [0.5, 0.6) is 0 Å². The molecule has 0 aliphatic heterocycles. The van der Waals surface area contributed by atoms with Gasteiger partial charge in [0.1, 0.15) is 0 Å². The number of nitrogens with zero attached hydrogens (tertiary/aromatic N) is 1. The summed E-state index contributed by atoms with van der Waals surface area (Å²) >= 11 is 0. The molecule has 0 radical (unpaired) electrons. The Morgan fingerprint density at radius 2 is 1.71 bits per heavy atom. The highest BCUT2D eigenvalue weighted by Crippen LogP contribution is 2.15. The zero-order chi connectivity index (χ0) is 15.7. The molecule has 2 heteroatoms. The average molecular weight is 290 g/mol. The molecule has 0 bridgehead atoms. The van der Waals surface area contributed by atoms with Crippen molar-refractivity contribution in [3.63, 3.8) is 0 Å². The van der Waals surface area contributed by atoms with Crippen molar-refractivity contribution in [2.45, 2.75) is 60.0 Å². The second-order valence-electron chi connectivity index (χ2n) is 6.44. The summed E-state index contributed by atoms with van der Waals surface area (Å²) in [6, 6.07) is 9.58. The van der Waals surface area contributed by atoms with Gasteiger partial charge in [-0.3, -0.25) is 4.90 Å². The first kappa shape index (κ1) is 18.2. The largest absolute Gasteiger partial charge is 0.316 e. The van der Waals surface area contributed by atoms with Gasteiger partial charge in [-0.05, 0) is 56.4 Å². The van der Waals surface area contributed by atoms with Crippen LogP contribution in [0.2, 0.25) is 0 Å². The summed E-state index contributed by atoms with van der Waals surface area (Å²) in [5.74, 6) is 0.723. The van der Waals surface area contributed by atoms with Gasteiger partial charge >= 0.3 is 0 Å². The number of rotatable bonds is 10. The van der Waals surface area contributed by atoms with Crippen molar-refractivity contribution >= 4 is 0 Å². The van der Waals surface area contributed by atoms with Gasteiger partial charge in [-0.25, -0.2) is 0 Å². The number of hydrogen-bond donors (Lipinski definition) is 1. The molecule has 1 rings (SSSR count). The maximum absolute atomic E-state index is 3.55. The first-order valence-corrected chi connectivity index (χ1v) is 8.59. The van der Waals surface area contributed by atoms with E-state index in [1.807, 2.05) is 0 Å². The lowest BCUT2D eigenvalue weighted by atomic mass is 10.0. The Hall–Kier alpha value is -0.860. The smallest absolute Gasteiger partial charge is 0.0239 e. The SMILES string of the molecule is CCC(C)N(CC)Cc1ccccc1CCNCC(C)C. The van der Waals surface area contributed by atoms with E-state index in [1.165, 1.54) is 17.5 Å². The molecule has 1 aromatic carbocycles. The quantitative estimate of drug-likeness (QED) is 0.653. The third kappa shape index (κ3) is 6.62. The normalized spacial score (nSPS) is 13.1. The molecule has 1 unspecified atom stereocenters. The van der Waals surface area contributed by atoms with Gasteiger partial charge < -0.3 is 5.32 Å². The molecule has 0 spiro atoms. The lowest BCUT2D eigenvalue weighted by Crippen LogP contribution is -2.32. The van der Waals surface area contributed by atoms with Gasteiger partial charge in [0.15, 0.2) is 0 Å². The highest BCUT2D eigenvalue weighted by molar-refractivity contribution is 5.27. The number of benzene rings is 1. The lowest BCUT2D eigenvalue weighted by Gasteiger charge is -2.28. The predicted molar refractivity (Wildman–Crippen MR) is 93.7 cm³/mol. The van der Waals surface area contributed by atoms with Crippen molar-refractivity contribution in [3.05, 3.63) is 35.4 Å². The van der Waals surface area contributed by atoms with Crippen LogP contribution < -0.4 is 5.32 Å². The summed E-state index contributed by atoms with van der Waals surface area (Å²) in [6.45, 7) is 15.8. The van der Waals surface area contributed by atoms with E-state index in [1.54, 1.807) is 0 Å². The summed E-state index contributed by atoms with van der Waals surface area (Å²) < 4.78 is 0. The monoisotopic (exact) mass is 290 g/mol. The molecule has 2 nitrogen and oxygen atoms in total. The van der Waals surface area contributed by atoms with E-state index in [0.29, 0.717) is 6.04 Å². The minimum atomic E-state index is 0.655. The highest BCUT2D eigenvalue weighted by Gasteiger charge is 2.12. The van der Waals surface area contributed by atoms with Crippen molar-refractivity contribution in [2.75, 3.05) is 19.6 Å². The van der Waals surface area contributed by atoms with E-state index in [4.69, 9.17) is 0 Å². The second kappa shape index (κ2) is 9.97. The third-order valence-corrected chi connectivity index (χ3v) is 4.24. The first-order chi connectivity index (χ1) is 10.1. The lowest BCUT2D eigenvalue weighted by molar-refractivity contribution is 0.205. The Kier molecular flexibility index (Phi) is 8.63. The zero-order valence-electron chi connectivity index (χ0n) is 14.7. The van der Waals surface area contributed by atoms with Crippen LogP contribution in [-0.2, 0) is 13.0 Å². The van der Waals surface area contributed by atoms with E-state index in [-0.39, 0.29) is 0 Å². The van der Waals surface area contributed by atoms with E-state index in [2.05, 4.69) is 69.1 Å². The fourth-order valence-electron chi connectivity index (χ4n) is 2.63. The van der Waals surface area contributed by atoms with Crippen molar-refractivity contribution in [1.29, 1.82) is 0 Å². The molecule has 0 saturated heterocycles. The Bertz CT molecular complexity index is 387. The van der Waals surface area contributed by atoms with Crippen molar-refractivity contribution in [2.24, 2.45) is 5.92 Å². The maximum Gasteiger partial charge on any atom is 0.0239 e. The van der Waals surface area contributed by atoms with Crippen LogP contribution in [0.1, 0.15) is 52.2 Å². The molecule has 0 aromatic heterocycles. The van der Waals surface area contributed by atoms with Gasteiger partial charge in [-0.15, -0.1) is 0 Å². The molecule has 0 fully saturated rings. The van der Waals surface area contributed by atoms with E-state index in [0.717, 1.165) is 38.5 Å². The van der Waals surface area contributed by atoms with Crippen LogP contribution in [0.3, 0.4) is 0 Å². The van der Waals surface area contributed by atoms with Crippen LogP contribution in [-0.4, -0.2) is 30.6 Å². The topological polar surface area (TPSA) is 15.3 Å². The molecule has 1 atom stereocenters. The molecular weight excluding hydrogens is 256 g/mol. The standard InChI is InChI=1S/C19H34N2/c1-6-17(5)21(7-2)15-19-11-9-8-10-18(19)12-13-20-14-16(3)4/h8-11,16-17,20H,6-7,12-15H2,1-5H3. The third-order valence-electron chi connectivity index (χ3n) is 4.24. The van der Waals surface area contributed by atoms with Gasteiger partial charge in [-0.1, -0.05) is 52.0 Å². The molecule has 1 N–H and O–H groups in total. The van der Waals surface area contributed by atoms with E-state index >= 15 is 0 Å².